The molecule has 1 aromatic carbocycles. The first-order valence-electron chi connectivity index (χ1n) is 5.43. The van der Waals surface area contributed by atoms with Crippen molar-refractivity contribution in [2.45, 2.75) is 12.4 Å². The number of carbonyl (C=O) groups is 2. The first kappa shape index (κ1) is 18.1. The summed E-state index contributed by atoms with van der Waals surface area (Å²) in [6, 6.07) is 2.45. The minimum absolute atomic E-state index is 0.240. The highest BCUT2D eigenvalue weighted by Gasteiger charge is 2.39. The zero-order chi connectivity index (χ0) is 17.1. The average Bonchev–Trinajstić information content (AvgIpc) is 2.35. The summed E-state index contributed by atoms with van der Waals surface area (Å²) in [6.07, 6.45) is -10.0. The summed E-state index contributed by atoms with van der Waals surface area (Å²) in [5.41, 5.74) is -1.96. The van der Waals surface area contributed by atoms with Gasteiger partial charge in [-0.05, 0) is 18.2 Å². The van der Waals surface area contributed by atoms with Crippen molar-refractivity contribution in [1.82, 2.24) is 5.32 Å². The molecule has 122 valence electrons. The molecule has 0 aliphatic heterocycles. The van der Waals surface area contributed by atoms with E-state index >= 15 is 0 Å². The minimum Gasteiger partial charge on any atom is -0.339 e. The monoisotopic (exact) mass is 348 g/mol. The van der Waals surface area contributed by atoms with E-state index in [9.17, 15) is 35.9 Å². The van der Waals surface area contributed by atoms with Crippen LogP contribution in [0, 0.1) is 0 Å². The molecule has 4 nitrogen and oxygen atoms in total. The van der Waals surface area contributed by atoms with E-state index in [1.807, 2.05) is 0 Å². The number of anilines is 1. The Morgan fingerprint density at radius 2 is 1.68 bits per heavy atom. The largest absolute Gasteiger partial charge is 0.471 e. The standard InChI is InChI=1S/C11H7ClF6N2O2/c12-5-1-2-7(6(3-5)10(13,14)15)20-8(21)4-19-9(22)11(16,17)18/h1-3H,4H2,(H,19,22)(H,20,21). The summed E-state index contributed by atoms with van der Waals surface area (Å²) in [6.45, 7) is -1.14. The lowest BCUT2D eigenvalue weighted by molar-refractivity contribution is -0.173. The lowest BCUT2D eigenvalue weighted by Crippen LogP contribution is -2.41. The van der Waals surface area contributed by atoms with Gasteiger partial charge >= 0.3 is 18.3 Å². The third-order valence-corrected chi connectivity index (χ3v) is 2.46. The summed E-state index contributed by atoms with van der Waals surface area (Å²) in [5.74, 6) is -3.64. The van der Waals surface area contributed by atoms with E-state index in [0.717, 1.165) is 12.1 Å². The van der Waals surface area contributed by atoms with Gasteiger partial charge in [-0.15, -0.1) is 0 Å². The number of benzene rings is 1. The number of amides is 2. The Balaban J connectivity index is 2.79. The van der Waals surface area contributed by atoms with Crippen molar-refractivity contribution in [1.29, 1.82) is 0 Å². The fraction of sp³-hybridized carbons (Fsp3) is 0.273. The number of nitrogens with one attached hydrogen (secondary N) is 2. The molecule has 0 aliphatic carbocycles. The van der Waals surface area contributed by atoms with Gasteiger partial charge in [0.25, 0.3) is 0 Å². The highest BCUT2D eigenvalue weighted by molar-refractivity contribution is 6.30. The number of rotatable bonds is 3. The van der Waals surface area contributed by atoms with Gasteiger partial charge in [-0.2, -0.15) is 26.3 Å². The van der Waals surface area contributed by atoms with Crippen LogP contribution in [0.15, 0.2) is 18.2 Å². The molecule has 0 radical (unpaired) electrons. The topological polar surface area (TPSA) is 58.2 Å². The maximum absolute atomic E-state index is 12.7. The molecule has 1 aromatic rings. The molecule has 0 saturated heterocycles. The van der Waals surface area contributed by atoms with Gasteiger partial charge < -0.3 is 10.6 Å². The van der Waals surface area contributed by atoms with E-state index in [2.05, 4.69) is 0 Å². The van der Waals surface area contributed by atoms with Crippen molar-refractivity contribution < 1.29 is 35.9 Å². The van der Waals surface area contributed by atoms with E-state index in [1.165, 1.54) is 5.32 Å². The van der Waals surface area contributed by atoms with Gasteiger partial charge in [-0.25, -0.2) is 0 Å². The van der Waals surface area contributed by atoms with E-state index in [0.29, 0.717) is 6.07 Å². The van der Waals surface area contributed by atoms with Crippen LogP contribution < -0.4 is 10.6 Å². The molecular weight excluding hydrogens is 342 g/mol. The Morgan fingerprint density at radius 1 is 1.09 bits per heavy atom. The molecular formula is C11H7ClF6N2O2. The number of halogens is 7. The first-order chi connectivity index (χ1) is 9.91. The lowest BCUT2D eigenvalue weighted by atomic mass is 10.1. The number of alkyl halides is 6. The predicted octanol–water partition coefficient (Wildman–Crippen LogP) is 2.98. The van der Waals surface area contributed by atoms with Crippen LogP contribution in [0.25, 0.3) is 0 Å². The third-order valence-electron chi connectivity index (χ3n) is 2.23. The van der Waals surface area contributed by atoms with Crippen LogP contribution in [0.5, 0.6) is 0 Å². The molecule has 2 N–H and O–H groups in total. The third kappa shape index (κ3) is 5.10. The summed E-state index contributed by atoms with van der Waals surface area (Å²) < 4.78 is 73.8. The van der Waals surface area contributed by atoms with Gasteiger partial charge in [0, 0.05) is 5.02 Å². The van der Waals surface area contributed by atoms with Gasteiger partial charge in [0.15, 0.2) is 0 Å². The first-order valence-corrected chi connectivity index (χ1v) is 5.80. The molecule has 0 spiro atoms. The van der Waals surface area contributed by atoms with Gasteiger partial charge in [0.2, 0.25) is 5.91 Å². The quantitative estimate of drug-likeness (QED) is 0.825. The van der Waals surface area contributed by atoms with Gasteiger partial charge in [0.05, 0.1) is 17.8 Å². The second kappa shape index (κ2) is 6.42. The Labute approximate surface area is 124 Å². The maximum Gasteiger partial charge on any atom is 0.471 e. The van der Waals surface area contributed by atoms with Crippen molar-refractivity contribution >= 4 is 29.1 Å². The molecule has 0 saturated carbocycles. The fourth-order valence-electron chi connectivity index (χ4n) is 1.32. The summed E-state index contributed by atoms with van der Waals surface area (Å²) >= 11 is 5.42. The Morgan fingerprint density at radius 3 is 2.18 bits per heavy atom. The van der Waals surface area contributed by atoms with Crippen LogP contribution in [0.2, 0.25) is 5.02 Å². The molecule has 0 aliphatic rings. The minimum atomic E-state index is -5.20. The summed E-state index contributed by atoms with van der Waals surface area (Å²) in [5, 5.41) is 2.74. The Bertz CT molecular complexity index is 585. The van der Waals surface area contributed by atoms with Crippen molar-refractivity contribution in [3.63, 3.8) is 0 Å². The van der Waals surface area contributed by atoms with Crippen LogP contribution in [-0.2, 0) is 15.8 Å². The van der Waals surface area contributed by atoms with Crippen molar-refractivity contribution in [3.8, 4) is 0 Å². The summed E-state index contributed by atoms with van der Waals surface area (Å²) in [7, 11) is 0. The molecule has 2 amide bonds. The number of hydrogen-bond donors (Lipinski definition) is 2. The molecule has 0 heterocycles. The van der Waals surface area contributed by atoms with Crippen molar-refractivity contribution in [2.75, 3.05) is 11.9 Å². The molecule has 22 heavy (non-hydrogen) atoms. The smallest absolute Gasteiger partial charge is 0.339 e. The van der Waals surface area contributed by atoms with Crippen LogP contribution >= 0.6 is 11.6 Å². The molecule has 0 unspecified atom stereocenters. The zero-order valence-corrected chi connectivity index (χ0v) is 11.2. The van der Waals surface area contributed by atoms with Crippen LogP contribution in [0.4, 0.5) is 32.0 Å². The van der Waals surface area contributed by atoms with Gasteiger partial charge in [0.1, 0.15) is 0 Å². The SMILES string of the molecule is O=C(CNC(=O)C(F)(F)F)Nc1ccc(Cl)cc1C(F)(F)F. The number of carbonyl (C=O) groups excluding carboxylic acids is 2. The Kier molecular flexibility index (Phi) is 5.28. The summed E-state index contributed by atoms with van der Waals surface area (Å²) in [4.78, 5) is 21.8. The molecule has 0 atom stereocenters. The highest BCUT2D eigenvalue weighted by atomic mass is 35.5. The Hall–Kier alpha value is -1.97. The van der Waals surface area contributed by atoms with E-state index in [-0.39, 0.29) is 5.02 Å². The van der Waals surface area contributed by atoms with E-state index in [1.54, 1.807) is 5.32 Å². The van der Waals surface area contributed by atoms with Crippen LogP contribution in [-0.4, -0.2) is 24.5 Å². The molecule has 1 rings (SSSR count). The van der Waals surface area contributed by atoms with Crippen LogP contribution in [0.1, 0.15) is 5.56 Å². The lowest BCUT2D eigenvalue weighted by Gasteiger charge is -2.14. The fourth-order valence-corrected chi connectivity index (χ4v) is 1.49. The highest BCUT2D eigenvalue weighted by Crippen LogP contribution is 2.36. The van der Waals surface area contributed by atoms with E-state index < -0.39 is 42.0 Å². The van der Waals surface area contributed by atoms with Gasteiger partial charge in [-0.1, -0.05) is 11.6 Å². The molecule has 0 fully saturated rings. The maximum atomic E-state index is 12.7. The normalized spacial score (nSPS) is 12.0. The molecule has 11 heteroatoms. The van der Waals surface area contributed by atoms with Crippen LogP contribution in [0.3, 0.4) is 0 Å². The van der Waals surface area contributed by atoms with Crippen molar-refractivity contribution in [3.05, 3.63) is 28.8 Å². The van der Waals surface area contributed by atoms with E-state index in [4.69, 9.17) is 11.6 Å². The van der Waals surface area contributed by atoms with Crippen molar-refractivity contribution in [2.24, 2.45) is 0 Å². The average molecular weight is 349 g/mol. The number of hydrogen-bond acceptors (Lipinski definition) is 2. The molecule has 0 bridgehead atoms. The van der Waals surface area contributed by atoms with Gasteiger partial charge in [-0.3, -0.25) is 9.59 Å². The predicted molar refractivity (Wildman–Crippen MR) is 64.1 cm³/mol. The second-order valence-corrected chi connectivity index (χ2v) is 4.35. The zero-order valence-electron chi connectivity index (χ0n) is 10.4. The second-order valence-electron chi connectivity index (χ2n) is 3.92. The molecule has 0 aromatic heterocycles.